The highest BCUT2D eigenvalue weighted by atomic mass is 15.7. The van der Waals surface area contributed by atoms with Gasteiger partial charge in [0.25, 0.3) is 0 Å². The van der Waals surface area contributed by atoms with Crippen LogP contribution in [0.3, 0.4) is 0 Å². The van der Waals surface area contributed by atoms with Gasteiger partial charge in [-0.2, -0.15) is 0 Å². The van der Waals surface area contributed by atoms with E-state index in [4.69, 9.17) is 0 Å². The highest BCUT2D eigenvalue weighted by Crippen LogP contribution is 2.05. The first-order valence-electron chi connectivity index (χ1n) is 2.87. The fourth-order valence-corrected chi connectivity index (χ4v) is 0.706. The molecule has 0 saturated carbocycles. The first-order valence-corrected chi connectivity index (χ1v) is 2.87. The van der Waals surface area contributed by atoms with E-state index in [2.05, 4.69) is 24.3 Å². The molecule has 0 aromatic carbocycles. The van der Waals surface area contributed by atoms with Gasteiger partial charge in [-0.05, 0) is 13.3 Å². The average molecular weight is 100 g/mol. The van der Waals surface area contributed by atoms with Crippen molar-refractivity contribution in [2.75, 3.05) is 6.54 Å². The van der Waals surface area contributed by atoms with Gasteiger partial charge in [-0.1, -0.05) is 6.92 Å². The normalized spacial score (nSPS) is 38.6. The van der Waals surface area contributed by atoms with Crippen LogP contribution in [0.4, 0.5) is 0 Å². The molecule has 0 radical (unpaired) electrons. The second-order valence-corrected chi connectivity index (χ2v) is 2.00. The lowest BCUT2D eigenvalue weighted by atomic mass is 10.5. The SMILES string of the molecule is CCCN1NC1C. The van der Waals surface area contributed by atoms with Gasteiger partial charge in [0, 0.05) is 6.54 Å². The van der Waals surface area contributed by atoms with Crippen LogP contribution in [-0.4, -0.2) is 17.7 Å². The zero-order chi connectivity index (χ0) is 5.28. The van der Waals surface area contributed by atoms with Crippen molar-refractivity contribution >= 4 is 0 Å². The van der Waals surface area contributed by atoms with E-state index < -0.39 is 0 Å². The van der Waals surface area contributed by atoms with Gasteiger partial charge in [-0.15, -0.1) is 0 Å². The van der Waals surface area contributed by atoms with Crippen molar-refractivity contribution < 1.29 is 0 Å². The Morgan fingerprint density at radius 1 is 1.71 bits per heavy atom. The quantitative estimate of drug-likeness (QED) is 0.513. The first-order chi connectivity index (χ1) is 3.34. The molecule has 2 heteroatoms. The molecule has 1 aliphatic heterocycles. The van der Waals surface area contributed by atoms with Gasteiger partial charge in [-0.25, -0.2) is 10.4 Å². The summed E-state index contributed by atoms with van der Waals surface area (Å²) in [6.07, 6.45) is 1.90. The van der Waals surface area contributed by atoms with Crippen LogP contribution in [-0.2, 0) is 0 Å². The summed E-state index contributed by atoms with van der Waals surface area (Å²) in [5.41, 5.74) is 3.17. The molecular weight excluding hydrogens is 88.1 g/mol. The van der Waals surface area contributed by atoms with E-state index in [9.17, 15) is 0 Å². The summed E-state index contributed by atoms with van der Waals surface area (Å²) in [5, 5.41) is 2.22. The fourth-order valence-electron chi connectivity index (χ4n) is 0.706. The zero-order valence-electron chi connectivity index (χ0n) is 4.94. The largest absolute Gasteiger partial charge is 0.235 e. The molecule has 0 spiro atoms. The number of hydrazine groups is 1. The summed E-state index contributed by atoms with van der Waals surface area (Å²) >= 11 is 0. The van der Waals surface area contributed by atoms with Crippen molar-refractivity contribution in [2.45, 2.75) is 26.4 Å². The Hall–Kier alpha value is -0.0800. The van der Waals surface area contributed by atoms with E-state index in [0.717, 1.165) is 0 Å². The maximum Gasteiger partial charge on any atom is 0.0835 e. The number of hydrogen-bond donors (Lipinski definition) is 1. The molecule has 0 aromatic rings. The molecule has 1 heterocycles. The minimum atomic E-state index is 0.653. The van der Waals surface area contributed by atoms with E-state index in [1.54, 1.807) is 0 Å². The highest BCUT2D eigenvalue weighted by Gasteiger charge is 2.25. The molecule has 0 bridgehead atoms. The molecule has 1 N–H and O–H groups in total. The Bertz CT molecular complexity index is 63.1. The minimum absolute atomic E-state index is 0.653. The van der Waals surface area contributed by atoms with Crippen molar-refractivity contribution in [1.29, 1.82) is 0 Å². The molecule has 0 aliphatic carbocycles. The molecule has 0 aromatic heterocycles. The second-order valence-electron chi connectivity index (χ2n) is 2.00. The lowest BCUT2D eigenvalue weighted by Gasteiger charge is -1.89. The number of hydrogen-bond acceptors (Lipinski definition) is 2. The third kappa shape index (κ3) is 1.14. The van der Waals surface area contributed by atoms with E-state index in [1.807, 2.05) is 0 Å². The lowest BCUT2D eigenvalue weighted by molar-refractivity contribution is 0.484. The van der Waals surface area contributed by atoms with Crippen molar-refractivity contribution in [1.82, 2.24) is 10.4 Å². The van der Waals surface area contributed by atoms with Crippen LogP contribution in [0.2, 0.25) is 0 Å². The van der Waals surface area contributed by atoms with Crippen LogP contribution in [0.15, 0.2) is 0 Å². The summed E-state index contributed by atoms with van der Waals surface area (Å²) in [4.78, 5) is 0. The zero-order valence-corrected chi connectivity index (χ0v) is 4.94. The van der Waals surface area contributed by atoms with Crippen LogP contribution in [0.25, 0.3) is 0 Å². The molecule has 0 amide bonds. The summed E-state index contributed by atoms with van der Waals surface area (Å²) in [6.45, 7) is 5.55. The van der Waals surface area contributed by atoms with Gasteiger partial charge in [-0.3, -0.25) is 0 Å². The predicted octanol–water partition coefficient (Wildman–Crippen LogP) is 0.563. The Morgan fingerprint density at radius 3 is 2.43 bits per heavy atom. The fraction of sp³-hybridized carbons (Fsp3) is 1.00. The maximum absolute atomic E-state index is 3.17. The van der Waals surface area contributed by atoms with Crippen LogP contribution in [0.5, 0.6) is 0 Å². The third-order valence-electron chi connectivity index (χ3n) is 1.22. The summed E-state index contributed by atoms with van der Waals surface area (Å²) in [5.74, 6) is 0. The van der Waals surface area contributed by atoms with E-state index in [-0.39, 0.29) is 0 Å². The second kappa shape index (κ2) is 1.80. The van der Waals surface area contributed by atoms with Crippen molar-refractivity contribution in [3.63, 3.8) is 0 Å². The molecule has 1 fully saturated rings. The molecule has 42 valence electrons. The molecule has 2 nitrogen and oxygen atoms in total. The molecule has 1 rings (SSSR count). The molecule has 1 saturated heterocycles. The summed E-state index contributed by atoms with van der Waals surface area (Å²) < 4.78 is 0. The Balaban J connectivity index is 1.98. The monoisotopic (exact) mass is 100 g/mol. The molecule has 2 unspecified atom stereocenters. The highest BCUT2D eigenvalue weighted by molar-refractivity contribution is 4.70. The van der Waals surface area contributed by atoms with Crippen LogP contribution in [0, 0.1) is 0 Å². The van der Waals surface area contributed by atoms with Gasteiger partial charge in [0.05, 0.1) is 6.17 Å². The Morgan fingerprint density at radius 2 is 2.29 bits per heavy atom. The smallest absolute Gasteiger partial charge is 0.0835 e. The third-order valence-corrected chi connectivity index (χ3v) is 1.22. The van der Waals surface area contributed by atoms with Crippen LogP contribution in [0.1, 0.15) is 20.3 Å². The van der Waals surface area contributed by atoms with Crippen LogP contribution < -0.4 is 5.43 Å². The summed E-state index contributed by atoms with van der Waals surface area (Å²) in [6, 6.07) is 0. The number of nitrogens with zero attached hydrogens (tertiary/aromatic N) is 1. The standard InChI is InChI=1S/C5H12N2/c1-3-4-7-5(2)6-7/h5-6H,3-4H2,1-2H3. The number of nitrogens with one attached hydrogen (secondary N) is 1. The van der Waals surface area contributed by atoms with E-state index >= 15 is 0 Å². The first kappa shape index (κ1) is 5.06. The van der Waals surface area contributed by atoms with Crippen molar-refractivity contribution in [3.05, 3.63) is 0 Å². The minimum Gasteiger partial charge on any atom is -0.235 e. The number of rotatable bonds is 2. The van der Waals surface area contributed by atoms with Crippen LogP contribution >= 0.6 is 0 Å². The Labute approximate surface area is 44.5 Å². The average Bonchev–Trinajstić information content (AvgIpc) is 2.22. The van der Waals surface area contributed by atoms with Gasteiger partial charge in [0.2, 0.25) is 0 Å². The van der Waals surface area contributed by atoms with Gasteiger partial charge < -0.3 is 0 Å². The molecular formula is C5H12N2. The topological polar surface area (TPSA) is 25.0 Å². The van der Waals surface area contributed by atoms with E-state index in [0.29, 0.717) is 6.17 Å². The van der Waals surface area contributed by atoms with E-state index in [1.165, 1.54) is 13.0 Å². The van der Waals surface area contributed by atoms with Gasteiger partial charge in [0.15, 0.2) is 0 Å². The summed E-state index contributed by atoms with van der Waals surface area (Å²) in [7, 11) is 0. The molecule has 2 atom stereocenters. The predicted molar refractivity (Wildman–Crippen MR) is 29.6 cm³/mol. The van der Waals surface area contributed by atoms with Gasteiger partial charge in [0.1, 0.15) is 0 Å². The van der Waals surface area contributed by atoms with Crippen molar-refractivity contribution in [2.24, 2.45) is 0 Å². The van der Waals surface area contributed by atoms with Gasteiger partial charge >= 0.3 is 0 Å². The Kier molecular flexibility index (Phi) is 1.30. The molecule has 7 heavy (non-hydrogen) atoms. The lowest BCUT2D eigenvalue weighted by Crippen LogP contribution is -2.01. The maximum atomic E-state index is 3.17. The van der Waals surface area contributed by atoms with Crippen molar-refractivity contribution in [3.8, 4) is 0 Å². The molecule has 1 aliphatic rings.